The number of carbonyl (C=O) groups is 1. The Morgan fingerprint density at radius 1 is 1.30 bits per heavy atom. The van der Waals surface area contributed by atoms with Gasteiger partial charge in [0.25, 0.3) is 0 Å². The molecule has 0 aromatic heterocycles. The Balaban J connectivity index is 0.00000192. The average Bonchev–Trinajstić information content (AvgIpc) is 2.97. The zero-order chi connectivity index (χ0) is 15.5. The molecule has 1 aromatic carbocycles. The predicted octanol–water partition coefficient (Wildman–Crippen LogP) is 3.03. The smallest absolute Gasteiger partial charge is 0.225 e. The van der Waals surface area contributed by atoms with E-state index < -0.39 is 0 Å². The number of halogens is 2. The van der Waals surface area contributed by atoms with Gasteiger partial charge in [-0.25, -0.2) is 4.39 Å². The number of carbonyl (C=O) groups excluding carboxylic acids is 1. The topological polar surface area (TPSA) is 32.3 Å². The van der Waals surface area contributed by atoms with E-state index >= 15 is 0 Å². The number of amides is 1. The Morgan fingerprint density at radius 3 is 2.74 bits per heavy atom. The quantitative estimate of drug-likeness (QED) is 0.917. The molecule has 1 N–H and O–H groups in total. The van der Waals surface area contributed by atoms with E-state index in [4.69, 9.17) is 0 Å². The number of nitrogens with one attached hydrogen (secondary N) is 1. The lowest BCUT2D eigenvalue weighted by atomic mass is 9.92. The molecule has 1 amide bonds. The highest BCUT2D eigenvalue weighted by molar-refractivity contribution is 5.85. The van der Waals surface area contributed by atoms with Crippen LogP contribution >= 0.6 is 12.4 Å². The maximum Gasteiger partial charge on any atom is 0.225 e. The lowest BCUT2D eigenvalue weighted by Gasteiger charge is -2.30. The molecule has 0 spiro atoms. The summed E-state index contributed by atoms with van der Waals surface area (Å²) in [5.41, 5.74) is 1.16. The summed E-state index contributed by atoms with van der Waals surface area (Å²) >= 11 is 0. The number of piperidine rings is 1. The number of hydrogen-bond donors (Lipinski definition) is 1. The van der Waals surface area contributed by atoms with Gasteiger partial charge in [-0.3, -0.25) is 4.79 Å². The van der Waals surface area contributed by atoms with Crippen LogP contribution in [0, 0.1) is 17.7 Å². The fraction of sp³-hybridized carbons (Fsp3) is 0.611. The predicted molar refractivity (Wildman–Crippen MR) is 92.2 cm³/mol. The third-order valence-electron chi connectivity index (χ3n) is 5.01. The zero-order valence-corrected chi connectivity index (χ0v) is 14.4. The lowest BCUT2D eigenvalue weighted by molar-refractivity contribution is -0.135. The van der Waals surface area contributed by atoms with Crippen LogP contribution in [0.4, 0.5) is 4.39 Å². The van der Waals surface area contributed by atoms with E-state index in [0.29, 0.717) is 17.9 Å². The SMILES string of the molecule is C[C@H]1C[C@@H](C(=O)N2CCC(Cc3ccc(F)cc3)C2)CCN1.Cl. The summed E-state index contributed by atoms with van der Waals surface area (Å²) in [6, 6.07) is 7.19. The molecule has 0 bridgehead atoms. The summed E-state index contributed by atoms with van der Waals surface area (Å²) < 4.78 is 12.9. The van der Waals surface area contributed by atoms with Crippen molar-refractivity contribution in [1.82, 2.24) is 10.2 Å². The molecule has 3 nitrogen and oxygen atoms in total. The van der Waals surface area contributed by atoms with Gasteiger partial charge in [-0.05, 0) is 62.8 Å². The van der Waals surface area contributed by atoms with Gasteiger partial charge in [-0.2, -0.15) is 0 Å². The van der Waals surface area contributed by atoms with E-state index in [1.54, 1.807) is 0 Å². The molecule has 0 radical (unpaired) electrons. The molecule has 3 rings (SSSR count). The minimum atomic E-state index is -0.188. The highest BCUT2D eigenvalue weighted by Gasteiger charge is 2.32. The molecule has 2 heterocycles. The maximum atomic E-state index is 12.9. The largest absolute Gasteiger partial charge is 0.342 e. The number of benzene rings is 1. The van der Waals surface area contributed by atoms with Gasteiger partial charge < -0.3 is 10.2 Å². The molecule has 128 valence electrons. The first-order valence-electron chi connectivity index (χ1n) is 8.38. The fourth-order valence-electron chi connectivity index (χ4n) is 3.77. The number of hydrogen-bond acceptors (Lipinski definition) is 2. The van der Waals surface area contributed by atoms with Crippen molar-refractivity contribution in [2.75, 3.05) is 19.6 Å². The van der Waals surface area contributed by atoms with E-state index in [1.807, 2.05) is 12.1 Å². The Kier molecular flexibility index (Phi) is 6.42. The summed E-state index contributed by atoms with van der Waals surface area (Å²) in [6.45, 7) is 4.84. The van der Waals surface area contributed by atoms with E-state index in [1.165, 1.54) is 12.1 Å². The van der Waals surface area contributed by atoms with Crippen molar-refractivity contribution >= 4 is 18.3 Å². The van der Waals surface area contributed by atoms with Crippen LogP contribution in [0.5, 0.6) is 0 Å². The van der Waals surface area contributed by atoms with Gasteiger partial charge in [0.1, 0.15) is 5.82 Å². The van der Waals surface area contributed by atoms with Crippen LogP contribution in [-0.4, -0.2) is 36.5 Å². The molecule has 23 heavy (non-hydrogen) atoms. The molecule has 5 heteroatoms. The minimum Gasteiger partial charge on any atom is -0.342 e. The highest BCUT2D eigenvalue weighted by atomic mass is 35.5. The Bertz CT molecular complexity index is 522. The molecule has 3 atom stereocenters. The third-order valence-corrected chi connectivity index (χ3v) is 5.01. The van der Waals surface area contributed by atoms with Crippen molar-refractivity contribution in [3.8, 4) is 0 Å². The molecule has 1 unspecified atom stereocenters. The molecule has 1 aromatic rings. The molecule has 2 fully saturated rings. The monoisotopic (exact) mass is 340 g/mol. The fourth-order valence-corrected chi connectivity index (χ4v) is 3.77. The minimum absolute atomic E-state index is 0. The van der Waals surface area contributed by atoms with Crippen molar-refractivity contribution < 1.29 is 9.18 Å². The second kappa shape index (κ2) is 8.11. The molecule has 2 aliphatic heterocycles. The summed E-state index contributed by atoms with van der Waals surface area (Å²) in [4.78, 5) is 14.7. The van der Waals surface area contributed by atoms with Crippen LogP contribution in [0.25, 0.3) is 0 Å². The summed E-state index contributed by atoms with van der Waals surface area (Å²) in [5.74, 6) is 0.858. The van der Waals surface area contributed by atoms with Crippen LogP contribution < -0.4 is 5.32 Å². The molecular formula is C18H26ClFN2O. The summed E-state index contributed by atoms with van der Waals surface area (Å²) in [7, 11) is 0. The highest BCUT2D eigenvalue weighted by Crippen LogP contribution is 2.25. The van der Waals surface area contributed by atoms with Crippen molar-refractivity contribution in [3.05, 3.63) is 35.6 Å². The van der Waals surface area contributed by atoms with Crippen molar-refractivity contribution in [2.24, 2.45) is 11.8 Å². The van der Waals surface area contributed by atoms with Gasteiger partial charge in [-0.1, -0.05) is 12.1 Å². The number of likely N-dealkylation sites (tertiary alicyclic amines) is 1. The van der Waals surface area contributed by atoms with Crippen molar-refractivity contribution in [3.63, 3.8) is 0 Å². The molecule has 2 aliphatic rings. The second-order valence-electron chi connectivity index (χ2n) is 6.85. The molecule has 0 aliphatic carbocycles. The van der Waals surface area contributed by atoms with E-state index in [-0.39, 0.29) is 24.1 Å². The molecule has 2 saturated heterocycles. The maximum absolute atomic E-state index is 12.9. The van der Waals surface area contributed by atoms with Crippen molar-refractivity contribution in [2.45, 2.75) is 38.6 Å². The Labute approximate surface area is 144 Å². The van der Waals surface area contributed by atoms with Crippen LogP contribution in [0.2, 0.25) is 0 Å². The number of rotatable bonds is 3. The Hall–Kier alpha value is -1.13. The second-order valence-corrected chi connectivity index (χ2v) is 6.85. The summed E-state index contributed by atoms with van der Waals surface area (Å²) in [6.07, 6.45) is 3.91. The first-order valence-corrected chi connectivity index (χ1v) is 8.38. The number of nitrogens with zero attached hydrogens (tertiary/aromatic N) is 1. The molecule has 0 saturated carbocycles. The average molecular weight is 341 g/mol. The standard InChI is InChI=1S/C18H25FN2O.ClH/c1-13-10-16(6-8-20-13)18(22)21-9-7-15(12-21)11-14-2-4-17(19)5-3-14;/h2-5,13,15-16,20H,6-12H2,1H3;1H/t13-,15?,16-;/m0./s1. The third kappa shape index (κ3) is 4.67. The van der Waals surface area contributed by atoms with Gasteiger partial charge in [0.2, 0.25) is 5.91 Å². The van der Waals surface area contributed by atoms with Crippen LogP contribution in [-0.2, 0) is 11.2 Å². The van der Waals surface area contributed by atoms with Gasteiger partial charge in [0, 0.05) is 25.0 Å². The zero-order valence-electron chi connectivity index (χ0n) is 13.6. The first kappa shape index (κ1) is 18.2. The van der Waals surface area contributed by atoms with Crippen LogP contribution in [0.3, 0.4) is 0 Å². The summed E-state index contributed by atoms with van der Waals surface area (Å²) in [5, 5.41) is 3.40. The van der Waals surface area contributed by atoms with Gasteiger partial charge >= 0.3 is 0 Å². The van der Waals surface area contributed by atoms with Gasteiger partial charge in [0.15, 0.2) is 0 Å². The molecular weight excluding hydrogens is 315 g/mol. The van der Waals surface area contributed by atoms with Crippen LogP contribution in [0.15, 0.2) is 24.3 Å². The van der Waals surface area contributed by atoms with Crippen LogP contribution in [0.1, 0.15) is 31.7 Å². The van der Waals surface area contributed by atoms with Gasteiger partial charge in [-0.15, -0.1) is 12.4 Å². The van der Waals surface area contributed by atoms with Gasteiger partial charge in [0.05, 0.1) is 0 Å². The Morgan fingerprint density at radius 2 is 2.04 bits per heavy atom. The normalized spacial score (nSPS) is 27.6. The van der Waals surface area contributed by atoms with E-state index in [9.17, 15) is 9.18 Å². The van der Waals surface area contributed by atoms with Crippen molar-refractivity contribution in [1.29, 1.82) is 0 Å². The van der Waals surface area contributed by atoms with E-state index in [0.717, 1.165) is 50.9 Å². The lowest BCUT2D eigenvalue weighted by Crippen LogP contribution is -2.43. The first-order chi connectivity index (χ1) is 10.6. The van der Waals surface area contributed by atoms with E-state index in [2.05, 4.69) is 17.1 Å².